The van der Waals surface area contributed by atoms with Gasteiger partial charge in [-0.05, 0) is 54.5 Å². The Balaban J connectivity index is 1.53. The highest BCUT2D eigenvalue weighted by Gasteiger charge is 2.13. The van der Waals surface area contributed by atoms with Gasteiger partial charge in [-0.2, -0.15) is 0 Å². The Morgan fingerprint density at radius 3 is 2.91 bits per heavy atom. The van der Waals surface area contributed by atoms with Crippen LogP contribution in [0.3, 0.4) is 0 Å². The molecule has 0 aliphatic carbocycles. The molecule has 0 unspecified atom stereocenters. The van der Waals surface area contributed by atoms with Gasteiger partial charge in [0.15, 0.2) is 9.90 Å². The van der Waals surface area contributed by atoms with Gasteiger partial charge in [0.1, 0.15) is 0 Å². The average molecular weight is 483 g/mol. The number of aryl methyl sites for hydroxylation is 1. The number of rotatable bonds is 6. The zero-order valence-corrected chi connectivity index (χ0v) is 19.5. The van der Waals surface area contributed by atoms with Crippen molar-refractivity contribution in [3.63, 3.8) is 0 Å². The van der Waals surface area contributed by atoms with Crippen LogP contribution in [0.1, 0.15) is 26.4 Å². The van der Waals surface area contributed by atoms with Gasteiger partial charge < -0.3 is 4.98 Å². The van der Waals surface area contributed by atoms with E-state index in [1.54, 1.807) is 30.5 Å². The normalized spacial score (nSPS) is 10.9. The summed E-state index contributed by atoms with van der Waals surface area (Å²) in [5.74, 6) is -0.319. The van der Waals surface area contributed by atoms with Crippen molar-refractivity contribution < 1.29 is 4.79 Å². The van der Waals surface area contributed by atoms with E-state index < -0.39 is 0 Å². The highest BCUT2D eigenvalue weighted by molar-refractivity contribution is 7.71. The molecule has 0 saturated heterocycles. The largest absolute Gasteiger partial charge is 0.332 e. The molecular weight excluding hydrogens is 464 g/mol. The smallest absolute Gasteiger partial charge is 0.262 e. The van der Waals surface area contributed by atoms with Crippen LogP contribution >= 0.6 is 35.2 Å². The zero-order valence-electron chi connectivity index (χ0n) is 17.1. The number of benzene rings is 2. The summed E-state index contributed by atoms with van der Waals surface area (Å²) < 4.78 is 1.70. The number of nitrogens with zero attached hydrogens (tertiary/aromatic N) is 2. The molecule has 0 aliphatic rings. The molecule has 9 heteroatoms. The van der Waals surface area contributed by atoms with Crippen LogP contribution in [0.4, 0.5) is 5.13 Å². The van der Waals surface area contributed by atoms with Gasteiger partial charge in [-0.3, -0.25) is 19.5 Å². The maximum Gasteiger partial charge on any atom is 0.262 e. The lowest BCUT2D eigenvalue weighted by Crippen LogP contribution is -2.22. The monoisotopic (exact) mass is 482 g/mol. The topological polar surface area (TPSA) is 79.8 Å². The first kappa shape index (κ1) is 22.1. The minimum atomic E-state index is -0.319. The lowest BCUT2D eigenvalue weighted by atomic mass is 10.1. The van der Waals surface area contributed by atoms with Crippen molar-refractivity contribution in [1.29, 1.82) is 0 Å². The molecule has 6 nitrogen and oxygen atoms in total. The summed E-state index contributed by atoms with van der Waals surface area (Å²) in [5, 5.41) is 4.49. The SMILES string of the molecule is C=CCn1c(=S)[nH]c2cc(C(=O)Nc3ncc(Cc4ccc(C)c(Cl)c4)s3)ccc2c1=O. The number of hydrogen-bond donors (Lipinski definition) is 2. The van der Waals surface area contributed by atoms with Gasteiger partial charge in [0.25, 0.3) is 11.5 Å². The molecule has 2 aromatic carbocycles. The second-order valence-electron chi connectivity index (χ2n) is 7.24. The lowest BCUT2D eigenvalue weighted by Gasteiger charge is -2.07. The molecule has 2 aromatic heterocycles. The number of aromatic amines is 1. The van der Waals surface area contributed by atoms with Crippen LogP contribution in [-0.4, -0.2) is 20.4 Å². The summed E-state index contributed by atoms with van der Waals surface area (Å²) in [6.07, 6.45) is 4.03. The molecule has 4 rings (SSSR count). The molecule has 4 aromatic rings. The van der Waals surface area contributed by atoms with E-state index in [0.29, 0.717) is 34.6 Å². The van der Waals surface area contributed by atoms with Crippen molar-refractivity contribution in [3.8, 4) is 0 Å². The predicted molar refractivity (Wildman–Crippen MR) is 133 cm³/mol. The zero-order chi connectivity index (χ0) is 22.8. The van der Waals surface area contributed by atoms with Crippen LogP contribution in [0, 0.1) is 11.7 Å². The number of carbonyl (C=O) groups is 1. The number of H-pyrrole nitrogens is 1. The average Bonchev–Trinajstić information content (AvgIpc) is 3.20. The number of carbonyl (C=O) groups excluding carboxylic acids is 1. The fourth-order valence-electron chi connectivity index (χ4n) is 3.25. The van der Waals surface area contributed by atoms with Crippen LogP contribution in [0.25, 0.3) is 10.9 Å². The van der Waals surface area contributed by atoms with Crippen molar-refractivity contribution in [3.05, 3.63) is 97.0 Å². The Morgan fingerprint density at radius 2 is 2.16 bits per heavy atom. The number of allylic oxidation sites excluding steroid dienone is 1. The third-order valence-corrected chi connectivity index (χ3v) is 6.59. The van der Waals surface area contributed by atoms with Gasteiger partial charge in [0.05, 0.1) is 10.9 Å². The highest BCUT2D eigenvalue weighted by atomic mass is 35.5. The van der Waals surface area contributed by atoms with Gasteiger partial charge in [-0.1, -0.05) is 29.8 Å². The summed E-state index contributed by atoms with van der Waals surface area (Å²) in [6.45, 7) is 5.92. The number of aromatic nitrogens is 3. The van der Waals surface area contributed by atoms with Crippen LogP contribution in [-0.2, 0) is 13.0 Å². The molecule has 0 saturated carbocycles. The number of amides is 1. The molecule has 2 heterocycles. The standard InChI is InChI=1S/C23H19ClN4O2S2/c1-3-8-28-21(30)17-7-6-15(11-19(17)26-23(28)31)20(29)27-22-25-12-16(32-22)9-14-5-4-13(2)18(24)10-14/h3-7,10-12H,1,8-9H2,2H3,(H,26,31)(H,25,27,29). The Labute approximate surface area is 198 Å². The highest BCUT2D eigenvalue weighted by Crippen LogP contribution is 2.24. The van der Waals surface area contributed by atoms with E-state index in [2.05, 4.69) is 21.9 Å². The third-order valence-electron chi connectivity index (χ3n) is 4.94. The van der Waals surface area contributed by atoms with E-state index in [0.717, 1.165) is 21.0 Å². The Morgan fingerprint density at radius 1 is 1.34 bits per heavy atom. The number of anilines is 1. The fraction of sp³-hybridized carbons (Fsp3) is 0.130. The molecule has 1 amide bonds. The van der Waals surface area contributed by atoms with Gasteiger partial charge in [-0.25, -0.2) is 4.98 Å². The number of thiazole rings is 1. The van der Waals surface area contributed by atoms with Crippen molar-refractivity contribution in [1.82, 2.24) is 14.5 Å². The summed E-state index contributed by atoms with van der Waals surface area (Å²) in [5.41, 5.74) is 2.78. The number of halogens is 1. The van der Waals surface area contributed by atoms with Crippen LogP contribution in [0.2, 0.25) is 5.02 Å². The van der Waals surface area contributed by atoms with Crippen molar-refractivity contribution in [2.24, 2.45) is 0 Å². The maximum absolute atomic E-state index is 12.7. The Bertz CT molecular complexity index is 1470. The number of nitrogens with one attached hydrogen (secondary N) is 2. The molecular formula is C23H19ClN4O2S2. The maximum atomic E-state index is 12.7. The molecule has 0 fully saturated rings. The lowest BCUT2D eigenvalue weighted by molar-refractivity contribution is 0.102. The first-order valence-electron chi connectivity index (χ1n) is 9.74. The third kappa shape index (κ3) is 4.57. The van der Waals surface area contributed by atoms with Crippen molar-refractivity contribution in [2.75, 3.05) is 5.32 Å². The van der Waals surface area contributed by atoms with Gasteiger partial charge >= 0.3 is 0 Å². The Hall–Kier alpha value is -3.07. The van der Waals surface area contributed by atoms with E-state index in [1.807, 2.05) is 25.1 Å². The minimum Gasteiger partial charge on any atom is -0.332 e. The van der Waals surface area contributed by atoms with E-state index in [9.17, 15) is 9.59 Å². The van der Waals surface area contributed by atoms with E-state index in [1.165, 1.54) is 15.9 Å². The minimum absolute atomic E-state index is 0.226. The molecule has 0 bridgehead atoms. The molecule has 0 atom stereocenters. The Kier molecular flexibility index (Phi) is 6.36. The van der Waals surface area contributed by atoms with Crippen LogP contribution < -0.4 is 10.9 Å². The summed E-state index contributed by atoms with van der Waals surface area (Å²) in [7, 11) is 0. The van der Waals surface area contributed by atoms with Gasteiger partial charge in [0.2, 0.25) is 0 Å². The van der Waals surface area contributed by atoms with Crippen molar-refractivity contribution in [2.45, 2.75) is 19.9 Å². The molecule has 162 valence electrons. The summed E-state index contributed by atoms with van der Waals surface area (Å²) in [6, 6.07) is 10.8. The molecule has 0 radical (unpaired) electrons. The molecule has 0 spiro atoms. The summed E-state index contributed by atoms with van der Waals surface area (Å²) in [4.78, 5) is 33.7. The number of fused-ring (bicyclic) bond motifs is 1. The quantitative estimate of drug-likeness (QED) is 0.280. The molecule has 2 N–H and O–H groups in total. The van der Waals surface area contributed by atoms with Crippen LogP contribution in [0.5, 0.6) is 0 Å². The molecule has 32 heavy (non-hydrogen) atoms. The second-order valence-corrected chi connectivity index (χ2v) is 9.15. The van der Waals surface area contributed by atoms with Crippen molar-refractivity contribution >= 4 is 57.1 Å². The fourth-order valence-corrected chi connectivity index (χ4v) is 4.57. The van der Waals surface area contributed by atoms with Crippen LogP contribution in [0.15, 0.2) is 60.0 Å². The van der Waals surface area contributed by atoms with Gasteiger partial charge in [0, 0.05) is 34.6 Å². The first-order valence-corrected chi connectivity index (χ1v) is 11.3. The second kappa shape index (κ2) is 9.20. The number of hydrogen-bond acceptors (Lipinski definition) is 5. The van der Waals surface area contributed by atoms with E-state index >= 15 is 0 Å². The van der Waals surface area contributed by atoms with E-state index in [-0.39, 0.29) is 16.2 Å². The predicted octanol–water partition coefficient (Wildman–Crippen LogP) is 5.51. The molecule has 0 aliphatic heterocycles. The summed E-state index contributed by atoms with van der Waals surface area (Å²) >= 11 is 12.9. The first-order chi connectivity index (χ1) is 15.4. The van der Waals surface area contributed by atoms with Gasteiger partial charge in [-0.15, -0.1) is 17.9 Å². The van der Waals surface area contributed by atoms with E-state index in [4.69, 9.17) is 23.8 Å².